The molecule has 1 N–H and O–H groups in total. The molecule has 1 saturated heterocycles. The molecule has 1 fully saturated rings. The van der Waals surface area contributed by atoms with Crippen LogP contribution in [0.15, 0.2) is 29.8 Å². The van der Waals surface area contributed by atoms with Crippen LogP contribution in [0.5, 0.6) is 0 Å². The maximum atomic E-state index is 12.4. The van der Waals surface area contributed by atoms with E-state index in [0.717, 1.165) is 22.6 Å². The maximum absolute atomic E-state index is 12.4. The summed E-state index contributed by atoms with van der Waals surface area (Å²) >= 11 is 17.1. The van der Waals surface area contributed by atoms with Crippen molar-refractivity contribution in [1.29, 1.82) is 0 Å². The molecule has 2 amide bonds. The molecule has 1 aliphatic heterocycles. The summed E-state index contributed by atoms with van der Waals surface area (Å²) in [6, 6.07) is 7.25. The van der Waals surface area contributed by atoms with Gasteiger partial charge in [0.15, 0.2) is 5.11 Å². The lowest BCUT2D eigenvalue weighted by molar-refractivity contribution is -0.128. The number of aryl methyl sites for hydroxylation is 1. The van der Waals surface area contributed by atoms with Gasteiger partial charge in [0.05, 0.1) is 10.0 Å². The van der Waals surface area contributed by atoms with Gasteiger partial charge < -0.3 is 4.57 Å². The average Bonchev–Trinajstić information content (AvgIpc) is 2.86. The number of hydrogen-bond acceptors (Lipinski definition) is 3. The third-order valence-electron chi connectivity index (χ3n) is 4.24. The Hall–Kier alpha value is -2.15. The smallest absolute Gasteiger partial charge is 0.265 e. The van der Waals surface area contributed by atoms with E-state index in [1.807, 2.05) is 30.5 Å². The summed E-state index contributed by atoms with van der Waals surface area (Å²) in [4.78, 5) is 25.8. The Morgan fingerprint density at radius 3 is 2.46 bits per heavy atom. The van der Waals surface area contributed by atoms with E-state index >= 15 is 0 Å². The number of aromatic nitrogens is 1. The van der Waals surface area contributed by atoms with E-state index < -0.39 is 11.8 Å². The van der Waals surface area contributed by atoms with Gasteiger partial charge in [-0.3, -0.25) is 19.8 Å². The number of halogens is 2. The van der Waals surface area contributed by atoms with Crippen LogP contribution in [0.2, 0.25) is 10.0 Å². The molecule has 2 heterocycles. The molecule has 134 valence electrons. The zero-order valence-electron chi connectivity index (χ0n) is 14.3. The fourth-order valence-corrected chi connectivity index (χ4v) is 3.32. The highest BCUT2D eigenvalue weighted by Gasteiger charge is 2.31. The third-order valence-corrected chi connectivity index (χ3v) is 5.35. The van der Waals surface area contributed by atoms with Gasteiger partial charge in [0.1, 0.15) is 5.57 Å². The summed E-state index contributed by atoms with van der Waals surface area (Å²) in [5.41, 5.74) is 3.44. The summed E-state index contributed by atoms with van der Waals surface area (Å²) in [6.07, 6.45) is 1.58. The van der Waals surface area contributed by atoms with Crippen molar-refractivity contribution in [2.75, 3.05) is 7.05 Å². The Kier molecular flexibility index (Phi) is 4.92. The van der Waals surface area contributed by atoms with Crippen LogP contribution in [0.25, 0.3) is 11.8 Å². The molecule has 1 aromatic carbocycles. The van der Waals surface area contributed by atoms with Gasteiger partial charge in [0.25, 0.3) is 11.8 Å². The number of thiocarbonyl (C=S) groups is 1. The number of benzene rings is 1. The lowest BCUT2D eigenvalue weighted by Crippen LogP contribution is -2.52. The van der Waals surface area contributed by atoms with E-state index in [1.165, 1.54) is 11.9 Å². The number of carbonyl (C=O) groups is 2. The van der Waals surface area contributed by atoms with Crippen LogP contribution >= 0.6 is 35.4 Å². The molecule has 8 heteroatoms. The Morgan fingerprint density at radius 2 is 1.81 bits per heavy atom. The first-order chi connectivity index (χ1) is 12.2. The van der Waals surface area contributed by atoms with E-state index in [1.54, 1.807) is 18.2 Å². The van der Waals surface area contributed by atoms with Gasteiger partial charge in [-0.2, -0.15) is 0 Å². The highest BCUT2D eigenvalue weighted by Crippen LogP contribution is 2.28. The molecular weight excluding hydrogens is 393 g/mol. The number of nitrogens with one attached hydrogen (secondary N) is 1. The summed E-state index contributed by atoms with van der Waals surface area (Å²) < 4.78 is 1.98. The van der Waals surface area contributed by atoms with Crippen LogP contribution in [0, 0.1) is 13.8 Å². The highest BCUT2D eigenvalue weighted by atomic mass is 35.5. The van der Waals surface area contributed by atoms with E-state index in [9.17, 15) is 9.59 Å². The van der Waals surface area contributed by atoms with Crippen molar-refractivity contribution in [2.45, 2.75) is 13.8 Å². The molecule has 2 aromatic rings. The number of rotatable bonds is 2. The second-order valence-electron chi connectivity index (χ2n) is 5.94. The fraction of sp³-hybridized carbons (Fsp3) is 0.167. The number of likely N-dealkylation sites (N-methyl/N-ethyl adjacent to an activating group) is 1. The summed E-state index contributed by atoms with van der Waals surface area (Å²) in [6.45, 7) is 3.84. The van der Waals surface area contributed by atoms with Gasteiger partial charge in [-0.25, -0.2) is 0 Å². The van der Waals surface area contributed by atoms with Crippen molar-refractivity contribution in [1.82, 2.24) is 14.8 Å². The summed E-state index contributed by atoms with van der Waals surface area (Å²) in [7, 11) is 1.52. The zero-order chi connectivity index (χ0) is 19.2. The van der Waals surface area contributed by atoms with E-state index in [4.69, 9.17) is 35.4 Å². The molecule has 0 radical (unpaired) electrons. The first-order valence-electron chi connectivity index (χ1n) is 7.70. The molecule has 1 aliphatic rings. The minimum atomic E-state index is -0.502. The van der Waals surface area contributed by atoms with Gasteiger partial charge in [0, 0.05) is 24.1 Å². The number of carbonyl (C=O) groups excluding carboxylic acids is 2. The third kappa shape index (κ3) is 3.16. The molecule has 26 heavy (non-hydrogen) atoms. The molecule has 3 rings (SSSR count). The first kappa shape index (κ1) is 18.6. The molecule has 0 saturated carbocycles. The Morgan fingerprint density at radius 1 is 1.12 bits per heavy atom. The first-order valence-corrected chi connectivity index (χ1v) is 8.86. The van der Waals surface area contributed by atoms with Crippen LogP contribution < -0.4 is 5.32 Å². The number of nitrogens with zero attached hydrogens (tertiary/aromatic N) is 2. The second kappa shape index (κ2) is 6.87. The van der Waals surface area contributed by atoms with E-state index in [2.05, 4.69) is 5.32 Å². The predicted octanol–water partition coefficient (Wildman–Crippen LogP) is 3.66. The van der Waals surface area contributed by atoms with Crippen LogP contribution in [0.3, 0.4) is 0 Å². The van der Waals surface area contributed by atoms with Crippen molar-refractivity contribution in [3.8, 4) is 5.69 Å². The number of amides is 2. The van der Waals surface area contributed by atoms with E-state index in [0.29, 0.717) is 10.0 Å². The van der Waals surface area contributed by atoms with Crippen LogP contribution in [0.4, 0.5) is 0 Å². The standard InChI is InChI=1S/C18H15Cl2N3O2S/c1-9-6-11(7-13-16(24)21-18(26)22(3)17(13)25)10(2)23(9)12-4-5-14(19)15(20)8-12/h4-8H,1-3H3,(H,21,24,26). The quantitative estimate of drug-likeness (QED) is 0.469. The largest absolute Gasteiger partial charge is 0.318 e. The molecule has 0 unspecified atom stereocenters. The predicted molar refractivity (Wildman–Crippen MR) is 107 cm³/mol. The molecule has 0 aliphatic carbocycles. The van der Waals surface area contributed by atoms with Crippen molar-refractivity contribution in [3.05, 3.63) is 56.8 Å². The molecule has 5 nitrogen and oxygen atoms in total. The van der Waals surface area contributed by atoms with Crippen molar-refractivity contribution in [3.63, 3.8) is 0 Å². The lowest BCUT2D eigenvalue weighted by atomic mass is 10.1. The Bertz CT molecular complexity index is 995. The van der Waals surface area contributed by atoms with Crippen molar-refractivity contribution in [2.24, 2.45) is 0 Å². The average molecular weight is 408 g/mol. The molecule has 0 bridgehead atoms. The van der Waals surface area contributed by atoms with Crippen molar-refractivity contribution >= 4 is 58.4 Å². The van der Waals surface area contributed by atoms with Gasteiger partial charge in [-0.1, -0.05) is 23.2 Å². The minimum absolute atomic E-state index is 0.0375. The van der Waals surface area contributed by atoms with Crippen LogP contribution in [-0.4, -0.2) is 33.4 Å². The monoisotopic (exact) mass is 407 g/mol. The second-order valence-corrected chi connectivity index (χ2v) is 7.14. The minimum Gasteiger partial charge on any atom is -0.318 e. The number of hydrogen-bond donors (Lipinski definition) is 1. The van der Waals surface area contributed by atoms with Crippen molar-refractivity contribution < 1.29 is 9.59 Å². The lowest BCUT2D eigenvalue weighted by Gasteiger charge is -2.25. The zero-order valence-corrected chi connectivity index (χ0v) is 16.6. The van der Waals surface area contributed by atoms with Gasteiger partial charge in [-0.05, 0) is 62.0 Å². The normalized spacial score (nSPS) is 16.4. The molecular formula is C18H15Cl2N3O2S. The topological polar surface area (TPSA) is 54.3 Å². The highest BCUT2D eigenvalue weighted by molar-refractivity contribution is 7.80. The van der Waals surface area contributed by atoms with Crippen LogP contribution in [0.1, 0.15) is 17.0 Å². The van der Waals surface area contributed by atoms with Crippen LogP contribution in [-0.2, 0) is 9.59 Å². The molecule has 1 aromatic heterocycles. The van der Waals surface area contributed by atoms with Gasteiger partial charge in [0.2, 0.25) is 0 Å². The SMILES string of the molecule is Cc1cc(C=C2C(=O)NC(=S)N(C)C2=O)c(C)n1-c1ccc(Cl)c(Cl)c1. The molecule has 0 spiro atoms. The summed E-state index contributed by atoms with van der Waals surface area (Å²) in [5.74, 6) is -0.935. The molecule has 0 atom stereocenters. The Labute approximate surface area is 166 Å². The van der Waals surface area contributed by atoms with E-state index in [-0.39, 0.29) is 10.7 Å². The summed E-state index contributed by atoms with van der Waals surface area (Å²) in [5, 5.41) is 3.53. The van der Waals surface area contributed by atoms with Gasteiger partial charge >= 0.3 is 0 Å². The Balaban J connectivity index is 2.08. The van der Waals surface area contributed by atoms with Gasteiger partial charge in [-0.15, -0.1) is 0 Å². The fourth-order valence-electron chi connectivity index (χ4n) is 2.86. The maximum Gasteiger partial charge on any atom is 0.265 e.